The van der Waals surface area contributed by atoms with E-state index in [1.54, 1.807) is 6.08 Å². The average molecular weight is 344 g/mol. The van der Waals surface area contributed by atoms with Crippen LogP contribution in [-0.4, -0.2) is 28.6 Å². The third-order valence-electron chi connectivity index (χ3n) is 8.06. The maximum absolute atomic E-state index is 14.3. The van der Waals surface area contributed by atoms with Crippen LogP contribution in [0, 0.1) is 28.6 Å². The lowest BCUT2D eigenvalue weighted by Gasteiger charge is -2.58. The second kappa shape index (κ2) is 5.23. The largest absolute Gasteiger partial charge is 0.398 e. The number of fused-ring (bicyclic) bond motifs is 5. The van der Waals surface area contributed by atoms with E-state index < -0.39 is 17.7 Å². The van der Waals surface area contributed by atoms with Gasteiger partial charge in [0.25, 0.3) is 0 Å². The molecule has 136 valence electrons. The van der Waals surface area contributed by atoms with Crippen LogP contribution in [0.2, 0.25) is 0 Å². The molecule has 0 amide bonds. The van der Waals surface area contributed by atoms with Crippen LogP contribution in [0.4, 0.5) is 13.2 Å². The average Bonchev–Trinajstić information content (AvgIpc) is 2.81. The van der Waals surface area contributed by atoms with E-state index in [1.807, 2.05) is 0 Å². The Kier molecular flexibility index (Phi) is 3.68. The van der Waals surface area contributed by atoms with E-state index in [9.17, 15) is 23.4 Å². The molecule has 0 aromatic carbocycles. The summed E-state index contributed by atoms with van der Waals surface area (Å²) < 4.78 is 42.9. The zero-order valence-electron chi connectivity index (χ0n) is 14.1. The second-order valence-corrected chi connectivity index (χ2v) is 8.85. The molecule has 3 fully saturated rings. The van der Waals surface area contributed by atoms with Crippen LogP contribution in [0.3, 0.4) is 0 Å². The van der Waals surface area contributed by atoms with Crippen LogP contribution in [0.1, 0.15) is 58.3 Å². The summed E-state index contributed by atoms with van der Waals surface area (Å²) in [7, 11) is 0. The van der Waals surface area contributed by atoms with Crippen molar-refractivity contribution in [1.29, 1.82) is 0 Å². The van der Waals surface area contributed by atoms with Gasteiger partial charge in [-0.05, 0) is 74.5 Å². The third-order valence-corrected chi connectivity index (χ3v) is 8.06. The molecule has 0 aromatic rings. The van der Waals surface area contributed by atoms with Crippen LogP contribution in [-0.2, 0) is 0 Å². The first kappa shape index (κ1) is 16.9. The fourth-order valence-corrected chi connectivity index (χ4v) is 6.79. The molecule has 4 rings (SSSR count). The van der Waals surface area contributed by atoms with Gasteiger partial charge in [-0.1, -0.05) is 18.6 Å². The van der Waals surface area contributed by atoms with E-state index in [1.165, 1.54) is 0 Å². The molecule has 4 aliphatic rings. The summed E-state index contributed by atoms with van der Waals surface area (Å²) in [6.45, 7) is 2.08. The molecule has 5 heteroatoms. The number of halogens is 3. The standard InChI is InChI=1S/C19H27F3O2/c1-17-8-7-15-13(14(17)4-5-16(17)24)3-2-11-10-12(23)6-9-18(11,15)19(20,21)22/h2,12-16,23-24H,3-10H2,1H3/t12?,13-,14-,15+,16?,17-,18+/m0/s1. The van der Waals surface area contributed by atoms with E-state index in [0.717, 1.165) is 12.8 Å². The smallest absolute Gasteiger partial charge is 0.393 e. The Morgan fingerprint density at radius 1 is 1.04 bits per heavy atom. The number of aliphatic hydroxyl groups is 2. The Morgan fingerprint density at radius 2 is 1.79 bits per heavy atom. The van der Waals surface area contributed by atoms with Crippen molar-refractivity contribution in [2.24, 2.45) is 28.6 Å². The van der Waals surface area contributed by atoms with Gasteiger partial charge in [-0.3, -0.25) is 0 Å². The van der Waals surface area contributed by atoms with Gasteiger partial charge < -0.3 is 10.2 Å². The SMILES string of the molecule is C[C@]12CC[C@@H]3[C@@H](CC=C4CC(O)CC[C@@]43C(F)(F)F)[C@@H]1CCC2O. The molecule has 0 aliphatic heterocycles. The zero-order chi connectivity index (χ0) is 17.3. The second-order valence-electron chi connectivity index (χ2n) is 8.85. The summed E-state index contributed by atoms with van der Waals surface area (Å²) in [5.41, 5.74) is -1.51. The van der Waals surface area contributed by atoms with Crippen LogP contribution >= 0.6 is 0 Å². The lowest BCUT2D eigenvalue weighted by molar-refractivity contribution is -0.257. The predicted molar refractivity (Wildman–Crippen MR) is 84.1 cm³/mol. The maximum Gasteiger partial charge on any atom is 0.398 e. The van der Waals surface area contributed by atoms with Crippen LogP contribution in [0.25, 0.3) is 0 Å². The number of alkyl halides is 3. The first-order chi connectivity index (χ1) is 11.2. The summed E-state index contributed by atoms with van der Waals surface area (Å²) >= 11 is 0. The van der Waals surface area contributed by atoms with Crippen LogP contribution in [0.5, 0.6) is 0 Å². The van der Waals surface area contributed by atoms with Gasteiger partial charge in [0.05, 0.1) is 17.6 Å². The number of allylic oxidation sites excluding steroid dienone is 1. The van der Waals surface area contributed by atoms with Crippen LogP contribution < -0.4 is 0 Å². The van der Waals surface area contributed by atoms with Crippen molar-refractivity contribution < 1.29 is 23.4 Å². The highest BCUT2D eigenvalue weighted by atomic mass is 19.4. The Labute approximate surface area is 141 Å². The Hall–Kier alpha value is -0.550. The van der Waals surface area contributed by atoms with E-state index in [0.29, 0.717) is 24.8 Å². The summed E-state index contributed by atoms with van der Waals surface area (Å²) in [6.07, 6.45) is 0.452. The summed E-state index contributed by atoms with van der Waals surface area (Å²) in [4.78, 5) is 0. The molecule has 3 saturated carbocycles. The fraction of sp³-hybridized carbons (Fsp3) is 0.895. The van der Waals surface area contributed by atoms with E-state index >= 15 is 0 Å². The van der Waals surface area contributed by atoms with Crippen molar-refractivity contribution in [2.75, 3.05) is 0 Å². The minimum Gasteiger partial charge on any atom is -0.393 e. The molecule has 0 bridgehead atoms. The Balaban J connectivity index is 1.77. The number of aliphatic hydroxyl groups excluding tert-OH is 2. The van der Waals surface area contributed by atoms with Gasteiger partial charge >= 0.3 is 6.18 Å². The molecule has 2 N–H and O–H groups in total. The van der Waals surface area contributed by atoms with Gasteiger partial charge in [0.1, 0.15) is 0 Å². The van der Waals surface area contributed by atoms with Crippen molar-refractivity contribution in [2.45, 2.75) is 76.7 Å². The summed E-state index contributed by atoms with van der Waals surface area (Å²) in [6, 6.07) is 0. The third kappa shape index (κ3) is 2.03. The minimum absolute atomic E-state index is 0.0153. The molecule has 4 aliphatic carbocycles. The monoisotopic (exact) mass is 344 g/mol. The lowest BCUT2D eigenvalue weighted by Crippen LogP contribution is -2.57. The van der Waals surface area contributed by atoms with Gasteiger partial charge in [0.15, 0.2) is 0 Å². The van der Waals surface area contributed by atoms with Gasteiger partial charge in [0, 0.05) is 0 Å². The summed E-state index contributed by atoms with van der Waals surface area (Å²) in [5, 5.41) is 20.3. The lowest BCUT2D eigenvalue weighted by atomic mass is 9.47. The van der Waals surface area contributed by atoms with E-state index in [-0.39, 0.29) is 48.5 Å². The highest BCUT2D eigenvalue weighted by molar-refractivity contribution is 5.28. The van der Waals surface area contributed by atoms with E-state index in [4.69, 9.17) is 0 Å². The normalized spacial score (nSPS) is 51.4. The molecule has 0 spiro atoms. The fourth-order valence-electron chi connectivity index (χ4n) is 6.79. The molecule has 2 unspecified atom stereocenters. The number of rotatable bonds is 0. The molecular weight excluding hydrogens is 317 g/mol. The van der Waals surface area contributed by atoms with Crippen molar-refractivity contribution in [3.63, 3.8) is 0 Å². The van der Waals surface area contributed by atoms with Crippen molar-refractivity contribution in [1.82, 2.24) is 0 Å². The van der Waals surface area contributed by atoms with Crippen molar-refractivity contribution in [3.8, 4) is 0 Å². The van der Waals surface area contributed by atoms with Gasteiger partial charge in [-0.15, -0.1) is 0 Å². The highest BCUT2D eigenvalue weighted by Crippen LogP contribution is 2.68. The first-order valence-electron chi connectivity index (χ1n) is 9.32. The van der Waals surface area contributed by atoms with Crippen molar-refractivity contribution in [3.05, 3.63) is 11.6 Å². The predicted octanol–water partition coefficient (Wildman–Crippen LogP) is 4.21. The Bertz CT molecular complexity index is 557. The Morgan fingerprint density at radius 3 is 2.50 bits per heavy atom. The maximum atomic E-state index is 14.3. The molecule has 2 nitrogen and oxygen atoms in total. The van der Waals surface area contributed by atoms with E-state index in [2.05, 4.69) is 6.92 Å². The molecule has 0 saturated heterocycles. The minimum atomic E-state index is -4.26. The topological polar surface area (TPSA) is 40.5 Å². The quantitative estimate of drug-likeness (QED) is 0.646. The molecule has 0 heterocycles. The zero-order valence-corrected chi connectivity index (χ0v) is 14.1. The van der Waals surface area contributed by atoms with Crippen LogP contribution in [0.15, 0.2) is 11.6 Å². The van der Waals surface area contributed by atoms with Gasteiger partial charge in [0.2, 0.25) is 0 Å². The van der Waals surface area contributed by atoms with Gasteiger partial charge in [-0.25, -0.2) is 0 Å². The number of hydrogen-bond acceptors (Lipinski definition) is 2. The molecule has 24 heavy (non-hydrogen) atoms. The molecule has 0 radical (unpaired) electrons. The highest BCUT2D eigenvalue weighted by Gasteiger charge is 2.68. The summed E-state index contributed by atoms with van der Waals surface area (Å²) in [5.74, 6) is -0.176. The van der Waals surface area contributed by atoms with Gasteiger partial charge in [-0.2, -0.15) is 13.2 Å². The van der Waals surface area contributed by atoms with Crippen molar-refractivity contribution >= 4 is 0 Å². The molecular formula is C19H27F3O2. The molecule has 7 atom stereocenters. The molecule has 0 aromatic heterocycles. The number of hydrogen-bond donors (Lipinski definition) is 2. The first-order valence-corrected chi connectivity index (χ1v) is 9.32.